The maximum Gasteiger partial charge on any atom is 0.336 e. The van der Waals surface area contributed by atoms with E-state index in [9.17, 15) is 4.79 Å². The van der Waals surface area contributed by atoms with E-state index in [1.807, 2.05) is 42.2 Å². The van der Waals surface area contributed by atoms with Gasteiger partial charge in [0.25, 0.3) is 0 Å². The molecular formula is C19H16ClNO4. The number of hydrogen-bond donors (Lipinski definition) is 0. The minimum atomic E-state index is -0.358. The van der Waals surface area contributed by atoms with Gasteiger partial charge in [0.2, 0.25) is 0 Å². The minimum Gasteiger partial charge on any atom is -0.495 e. The molecule has 5 nitrogen and oxygen atoms in total. The lowest BCUT2D eigenvalue weighted by Crippen LogP contribution is -2.32. The number of anilines is 1. The molecule has 6 heteroatoms. The number of benzene rings is 2. The fourth-order valence-corrected chi connectivity index (χ4v) is 3.36. The quantitative estimate of drug-likeness (QED) is 0.646. The van der Waals surface area contributed by atoms with E-state index >= 15 is 0 Å². The zero-order valence-corrected chi connectivity index (χ0v) is 14.6. The predicted molar refractivity (Wildman–Crippen MR) is 96.9 cm³/mol. The van der Waals surface area contributed by atoms with Crippen LogP contribution in [0.5, 0.6) is 11.5 Å². The van der Waals surface area contributed by atoms with E-state index in [0.717, 1.165) is 28.0 Å². The largest absolute Gasteiger partial charge is 0.495 e. The minimum absolute atomic E-state index is 0.358. The summed E-state index contributed by atoms with van der Waals surface area (Å²) >= 11 is 6.23. The molecule has 0 radical (unpaired) electrons. The standard InChI is InChI=1S/C19H16ClNO4/c1-11-7-18(22)25-19-13(11)4-6-16-14(19)9-21(10-24-16)12-3-5-17(23-2)15(20)8-12/h3-8H,9-10H2,1-2H3. The lowest BCUT2D eigenvalue weighted by Gasteiger charge is -2.31. The number of fused-ring (bicyclic) bond motifs is 3. The summed E-state index contributed by atoms with van der Waals surface area (Å²) in [5.41, 5.74) is 2.87. The van der Waals surface area contributed by atoms with Gasteiger partial charge in [0.05, 0.1) is 24.2 Å². The van der Waals surface area contributed by atoms with E-state index in [2.05, 4.69) is 0 Å². The van der Waals surface area contributed by atoms with Crippen LogP contribution in [0.15, 0.2) is 45.6 Å². The summed E-state index contributed by atoms with van der Waals surface area (Å²) in [7, 11) is 1.58. The van der Waals surface area contributed by atoms with Gasteiger partial charge in [-0.25, -0.2) is 4.79 Å². The van der Waals surface area contributed by atoms with Gasteiger partial charge in [0, 0.05) is 17.1 Å². The first-order chi connectivity index (χ1) is 12.1. The molecule has 2 heterocycles. The third kappa shape index (κ3) is 2.70. The van der Waals surface area contributed by atoms with Gasteiger partial charge in [-0.1, -0.05) is 11.6 Å². The van der Waals surface area contributed by atoms with Crippen LogP contribution < -0.4 is 20.0 Å². The normalized spacial score (nSPS) is 13.5. The van der Waals surface area contributed by atoms with E-state index in [4.69, 9.17) is 25.5 Å². The van der Waals surface area contributed by atoms with E-state index < -0.39 is 0 Å². The molecule has 1 aliphatic heterocycles. The summed E-state index contributed by atoms with van der Waals surface area (Å²) in [6, 6.07) is 10.9. The van der Waals surface area contributed by atoms with Gasteiger partial charge in [0.1, 0.15) is 17.1 Å². The molecule has 4 rings (SSSR count). The Morgan fingerprint density at radius 3 is 2.80 bits per heavy atom. The Morgan fingerprint density at radius 1 is 1.20 bits per heavy atom. The summed E-state index contributed by atoms with van der Waals surface area (Å²) in [5, 5.41) is 1.45. The Bertz CT molecular complexity index is 1030. The molecule has 0 atom stereocenters. The highest BCUT2D eigenvalue weighted by Gasteiger charge is 2.22. The van der Waals surface area contributed by atoms with Crippen molar-refractivity contribution in [2.45, 2.75) is 13.5 Å². The van der Waals surface area contributed by atoms with Gasteiger partial charge >= 0.3 is 5.63 Å². The highest BCUT2D eigenvalue weighted by molar-refractivity contribution is 6.32. The second-order valence-corrected chi connectivity index (χ2v) is 6.36. The highest BCUT2D eigenvalue weighted by Crippen LogP contribution is 2.36. The van der Waals surface area contributed by atoms with Crippen molar-refractivity contribution in [1.29, 1.82) is 0 Å². The SMILES string of the molecule is COc1ccc(N2COc3ccc4c(C)cc(=O)oc4c3C2)cc1Cl. The van der Waals surface area contributed by atoms with Crippen molar-refractivity contribution in [1.82, 2.24) is 0 Å². The smallest absolute Gasteiger partial charge is 0.336 e. The zero-order chi connectivity index (χ0) is 17.6. The van der Waals surface area contributed by atoms with Crippen molar-refractivity contribution in [3.05, 3.63) is 63.0 Å². The Kier molecular flexibility index (Phi) is 3.81. The lowest BCUT2D eigenvalue weighted by atomic mass is 10.0. The monoisotopic (exact) mass is 357 g/mol. The van der Waals surface area contributed by atoms with E-state index in [0.29, 0.717) is 29.6 Å². The Labute approximate surface area is 149 Å². The highest BCUT2D eigenvalue weighted by atomic mass is 35.5. The number of nitrogens with zero attached hydrogens (tertiary/aromatic N) is 1. The van der Waals surface area contributed by atoms with Crippen molar-refractivity contribution in [3.8, 4) is 11.5 Å². The molecule has 0 amide bonds. The molecular weight excluding hydrogens is 342 g/mol. The average Bonchev–Trinajstić information content (AvgIpc) is 2.61. The molecule has 1 aromatic heterocycles. The Hall–Kier alpha value is -2.66. The third-order valence-corrected chi connectivity index (χ3v) is 4.70. The van der Waals surface area contributed by atoms with Crippen LogP contribution in [0.4, 0.5) is 5.69 Å². The van der Waals surface area contributed by atoms with Gasteiger partial charge in [-0.2, -0.15) is 0 Å². The molecule has 0 unspecified atom stereocenters. The van der Waals surface area contributed by atoms with Gasteiger partial charge in [-0.3, -0.25) is 0 Å². The Morgan fingerprint density at radius 2 is 2.04 bits per heavy atom. The summed E-state index contributed by atoms with van der Waals surface area (Å²) in [5.74, 6) is 1.35. The first-order valence-corrected chi connectivity index (χ1v) is 8.22. The van der Waals surface area contributed by atoms with Crippen molar-refractivity contribution in [2.24, 2.45) is 0 Å². The fraction of sp³-hybridized carbons (Fsp3) is 0.211. The van der Waals surface area contributed by atoms with Gasteiger partial charge in [-0.15, -0.1) is 0 Å². The first kappa shape index (κ1) is 15.8. The van der Waals surface area contributed by atoms with Crippen LogP contribution in [0.1, 0.15) is 11.1 Å². The van der Waals surface area contributed by atoms with E-state index in [1.165, 1.54) is 6.07 Å². The first-order valence-electron chi connectivity index (χ1n) is 7.84. The molecule has 2 aromatic carbocycles. The third-order valence-electron chi connectivity index (χ3n) is 4.40. The molecule has 0 spiro atoms. The Balaban J connectivity index is 1.79. The lowest BCUT2D eigenvalue weighted by molar-refractivity contribution is 0.289. The summed E-state index contributed by atoms with van der Waals surface area (Å²) < 4.78 is 16.5. The maximum absolute atomic E-state index is 11.8. The predicted octanol–water partition coefficient (Wildman–Crippen LogP) is 4.12. The molecule has 0 saturated heterocycles. The number of rotatable bonds is 2. The number of hydrogen-bond acceptors (Lipinski definition) is 5. The zero-order valence-electron chi connectivity index (χ0n) is 13.8. The van der Waals surface area contributed by atoms with E-state index in [1.54, 1.807) is 7.11 Å². The molecule has 128 valence electrons. The molecule has 0 aliphatic carbocycles. The molecule has 1 aliphatic rings. The average molecular weight is 358 g/mol. The number of ether oxygens (including phenoxy) is 2. The topological polar surface area (TPSA) is 51.9 Å². The van der Waals surface area contributed by atoms with Crippen LogP contribution in [0, 0.1) is 6.92 Å². The van der Waals surface area contributed by atoms with Crippen molar-refractivity contribution in [2.75, 3.05) is 18.7 Å². The van der Waals surface area contributed by atoms with Crippen molar-refractivity contribution < 1.29 is 13.9 Å². The van der Waals surface area contributed by atoms with Crippen LogP contribution in [0.3, 0.4) is 0 Å². The van der Waals surface area contributed by atoms with Crippen LogP contribution in [0.25, 0.3) is 11.0 Å². The van der Waals surface area contributed by atoms with Crippen LogP contribution in [-0.4, -0.2) is 13.8 Å². The molecule has 3 aromatic rings. The number of halogens is 1. The van der Waals surface area contributed by atoms with Gasteiger partial charge in [0.15, 0.2) is 6.73 Å². The van der Waals surface area contributed by atoms with E-state index in [-0.39, 0.29) is 5.63 Å². The van der Waals surface area contributed by atoms with Crippen LogP contribution in [-0.2, 0) is 6.54 Å². The summed E-state index contributed by atoms with van der Waals surface area (Å²) in [6.45, 7) is 2.84. The fourth-order valence-electron chi connectivity index (χ4n) is 3.11. The van der Waals surface area contributed by atoms with Crippen LogP contribution in [0.2, 0.25) is 5.02 Å². The molecule has 0 fully saturated rings. The summed E-state index contributed by atoms with van der Waals surface area (Å²) in [6.07, 6.45) is 0. The molecule has 25 heavy (non-hydrogen) atoms. The van der Waals surface area contributed by atoms with Crippen molar-refractivity contribution in [3.63, 3.8) is 0 Å². The number of aryl methyl sites for hydroxylation is 1. The number of methoxy groups -OCH3 is 1. The maximum atomic E-state index is 11.8. The van der Waals surface area contributed by atoms with Gasteiger partial charge in [-0.05, 0) is 42.8 Å². The molecule has 0 saturated carbocycles. The van der Waals surface area contributed by atoms with Crippen LogP contribution >= 0.6 is 11.6 Å². The summed E-state index contributed by atoms with van der Waals surface area (Å²) in [4.78, 5) is 13.8. The van der Waals surface area contributed by atoms with Crippen molar-refractivity contribution >= 4 is 28.3 Å². The molecule has 0 N–H and O–H groups in total. The molecule has 0 bridgehead atoms. The second kappa shape index (κ2) is 6.01. The van der Waals surface area contributed by atoms with Gasteiger partial charge < -0.3 is 18.8 Å². The second-order valence-electron chi connectivity index (χ2n) is 5.96.